The van der Waals surface area contributed by atoms with E-state index in [0.29, 0.717) is 45.0 Å². The van der Waals surface area contributed by atoms with Gasteiger partial charge >= 0.3 is 5.97 Å². The van der Waals surface area contributed by atoms with E-state index >= 15 is 0 Å². The largest absolute Gasteiger partial charge is 0.465 e. The van der Waals surface area contributed by atoms with E-state index in [1.54, 1.807) is 41.8 Å². The van der Waals surface area contributed by atoms with Crippen molar-refractivity contribution in [1.82, 2.24) is 29.5 Å². The quantitative estimate of drug-likeness (QED) is 0.147. The topological polar surface area (TPSA) is 111 Å². The monoisotopic (exact) mass is 632 g/mol. The molecule has 3 aromatic heterocycles. The minimum atomic E-state index is -0.434. The third-order valence-electron chi connectivity index (χ3n) is 6.98. The Balaban J connectivity index is 1.52. The second kappa shape index (κ2) is 13.5. The van der Waals surface area contributed by atoms with E-state index in [-0.39, 0.29) is 31.4 Å². The lowest BCUT2D eigenvalue weighted by Gasteiger charge is -2.14. The molecule has 5 aromatic rings. The number of halogens is 1. The number of carbonyl (C=O) groups is 3. The number of benzene rings is 2. The normalized spacial score (nSPS) is 11.3. The highest BCUT2D eigenvalue weighted by Crippen LogP contribution is 2.32. The van der Waals surface area contributed by atoms with Crippen molar-refractivity contribution in [3.05, 3.63) is 99.0 Å². The number of fused-ring (bicyclic) bond motifs is 1. The van der Waals surface area contributed by atoms with Crippen molar-refractivity contribution in [1.29, 1.82) is 0 Å². The third-order valence-corrected chi connectivity index (χ3v) is 8.57. The van der Waals surface area contributed by atoms with Crippen LogP contribution in [0, 0.1) is 0 Å². The van der Waals surface area contributed by atoms with Gasteiger partial charge in [-0.15, -0.1) is 21.5 Å². The molecule has 1 amide bonds. The van der Waals surface area contributed by atoms with Gasteiger partial charge in [0, 0.05) is 21.3 Å². The number of thiophene rings is 1. The van der Waals surface area contributed by atoms with E-state index in [4.69, 9.17) is 16.3 Å². The first-order valence-corrected chi connectivity index (χ1v) is 15.4. The Labute approximate surface area is 264 Å². The second-order valence-corrected chi connectivity index (χ2v) is 11.9. The summed E-state index contributed by atoms with van der Waals surface area (Å²) in [5.41, 5.74) is 1.96. The van der Waals surface area contributed by atoms with Crippen LogP contribution >= 0.6 is 22.9 Å². The summed E-state index contributed by atoms with van der Waals surface area (Å²) in [6.07, 6.45) is 0.732. The molecule has 1 N–H and O–H groups in total. The van der Waals surface area contributed by atoms with Gasteiger partial charge in [-0.05, 0) is 57.8 Å². The number of rotatable bonds is 12. The maximum atomic E-state index is 13.8. The third kappa shape index (κ3) is 6.45. The molecule has 0 spiro atoms. The Bertz CT molecular complexity index is 1840. The average molecular weight is 633 g/mol. The maximum Gasteiger partial charge on any atom is 0.325 e. The molecule has 0 unspecified atom stereocenters. The van der Waals surface area contributed by atoms with Crippen molar-refractivity contribution in [2.75, 3.05) is 20.7 Å². The van der Waals surface area contributed by atoms with Crippen LogP contribution < -0.4 is 5.32 Å². The SMILES string of the molecule is CCOC(=O)Cn1c(C(=O)NCc2nnc(CN(C)C)n2-c2sc(CC)cc2C(=O)c2ccccc2Cl)cc2ccccc21. The van der Waals surface area contributed by atoms with E-state index in [9.17, 15) is 14.4 Å². The number of esters is 1. The van der Waals surface area contributed by atoms with E-state index in [1.807, 2.05) is 60.8 Å². The summed E-state index contributed by atoms with van der Waals surface area (Å²) in [7, 11) is 3.84. The smallest absolute Gasteiger partial charge is 0.325 e. The summed E-state index contributed by atoms with van der Waals surface area (Å²) >= 11 is 7.90. The number of para-hydroxylation sites is 1. The van der Waals surface area contributed by atoms with Gasteiger partial charge in [-0.3, -0.25) is 19.0 Å². The Hall–Kier alpha value is -4.32. The molecule has 228 valence electrons. The highest BCUT2D eigenvalue weighted by Gasteiger charge is 2.26. The number of nitrogens with zero attached hydrogens (tertiary/aromatic N) is 5. The van der Waals surface area contributed by atoms with Crippen LogP contribution in [0.15, 0.2) is 60.7 Å². The lowest BCUT2D eigenvalue weighted by molar-refractivity contribution is -0.143. The van der Waals surface area contributed by atoms with Gasteiger partial charge in [-0.1, -0.05) is 48.9 Å². The molecule has 2 aromatic carbocycles. The lowest BCUT2D eigenvalue weighted by Crippen LogP contribution is -2.28. The molecular formula is C32H33ClN6O4S. The first-order chi connectivity index (χ1) is 21.2. The molecule has 0 atom stereocenters. The van der Waals surface area contributed by atoms with Gasteiger partial charge in [0.2, 0.25) is 0 Å². The molecule has 0 aliphatic rings. The zero-order valence-corrected chi connectivity index (χ0v) is 26.5. The number of ketones is 1. The summed E-state index contributed by atoms with van der Waals surface area (Å²) in [5.74, 6) is 0.0528. The summed E-state index contributed by atoms with van der Waals surface area (Å²) in [6.45, 7) is 4.39. The molecule has 0 saturated carbocycles. The van der Waals surface area contributed by atoms with Crippen molar-refractivity contribution < 1.29 is 19.1 Å². The zero-order chi connectivity index (χ0) is 31.4. The number of nitrogens with one attached hydrogen (secondary N) is 1. The first-order valence-electron chi connectivity index (χ1n) is 14.2. The summed E-state index contributed by atoms with van der Waals surface area (Å²) in [4.78, 5) is 42.8. The van der Waals surface area contributed by atoms with Gasteiger partial charge in [0.15, 0.2) is 17.4 Å². The van der Waals surface area contributed by atoms with Crippen LogP contribution in [0.5, 0.6) is 0 Å². The highest BCUT2D eigenvalue weighted by molar-refractivity contribution is 7.15. The number of amides is 1. The first kappa shape index (κ1) is 31.1. The van der Waals surface area contributed by atoms with Crippen LogP contribution in [0.4, 0.5) is 0 Å². The number of carbonyl (C=O) groups excluding carboxylic acids is 3. The molecule has 0 aliphatic heterocycles. The Morgan fingerprint density at radius 3 is 2.43 bits per heavy atom. The molecule has 3 heterocycles. The molecule has 12 heteroatoms. The van der Waals surface area contributed by atoms with Crippen molar-refractivity contribution in [2.24, 2.45) is 0 Å². The minimum Gasteiger partial charge on any atom is -0.465 e. The van der Waals surface area contributed by atoms with Crippen LogP contribution in [-0.4, -0.2) is 62.6 Å². The number of ether oxygens (including phenoxy) is 1. The zero-order valence-electron chi connectivity index (χ0n) is 25.0. The van der Waals surface area contributed by atoms with Crippen molar-refractivity contribution >= 4 is 51.5 Å². The Kier molecular flexibility index (Phi) is 9.58. The van der Waals surface area contributed by atoms with Crippen LogP contribution in [0.3, 0.4) is 0 Å². The summed E-state index contributed by atoms with van der Waals surface area (Å²) in [5, 5.41) is 13.7. The predicted molar refractivity (Wildman–Crippen MR) is 171 cm³/mol. The molecule has 0 radical (unpaired) electrons. The molecular weight excluding hydrogens is 600 g/mol. The number of hydrogen-bond acceptors (Lipinski definition) is 8. The number of aromatic nitrogens is 4. The lowest BCUT2D eigenvalue weighted by atomic mass is 10.0. The summed E-state index contributed by atoms with van der Waals surface area (Å²) in [6, 6.07) is 18.1. The molecule has 44 heavy (non-hydrogen) atoms. The molecule has 0 saturated heterocycles. The summed E-state index contributed by atoms with van der Waals surface area (Å²) < 4.78 is 8.66. The fourth-order valence-electron chi connectivity index (χ4n) is 4.97. The fourth-order valence-corrected chi connectivity index (χ4v) is 6.32. The molecule has 0 fully saturated rings. The van der Waals surface area contributed by atoms with Crippen molar-refractivity contribution in [3.8, 4) is 5.00 Å². The second-order valence-electron chi connectivity index (χ2n) is 10.4. The van der Waals surface area contributed by atoms with E-state index < -0.39 is 5.97 Å². The van der Waals surface area contributed by atoms with E-state index in [1.165, 1.54) is 11.3 Å². The number of hydrogen-bond donors (Lipinski definition) is 1. The van der Waals surface area contributed by atoms with Crippen molar-refractivity contribution in [3.63, 3.8) is 0 Å². The Morgan fingerprint density at radius 2 is 1.70 bits per heavy atom. The van der Waals surface area contributed by atoms with Crippen LogP contribution in [0.25, 0.3) is 15.9 Å². The predicted octanol–water partition coefficient (Wildman–Crippen LogP) is 5.29. The van der Waals surface area contributed by atoms with Crippen molar-refractivity contribution in [2.45, 2.75) is 39.9 Å². The van der Waals surface area contributed by atoms with E-state index in [2.05, 4.69) is 15.5 Å². The van der Waals surface area contributed by atoms with Gasteiger partial charge in [0.05, 0.1) is 30.3 Å². The van der Waals surface area contributed by atoms with Crippen LogP contribution in [0.2, 0.25) is 5.02 Å². The minimum absolute atomic E-state index is 0.0271. The molecule has 10 nitrogen and oxygen atoms in total. The van der Waals surface area contributed by atoms with Gasteiger partial charge < -0.3 is 19.5 Å². The van der Waals surface area contributed by atoms with Gasteiger partial charge in [0.1, 0.15) is 17.2 Å². The molecule has 0 aliphatic carbocycles. The highest BCUT2D eigenvalue weighted by atomic mass is 35.5. The van der Waals surface area contributed by atoms with E-state index in [0.717, 1.165) is 22.2 Å². The average Bonchev–Trinajstić information content (AvgIpc) is 3.71. The number of aryl methyl sites for hydroxylation is 1. The van der Waals surface area contributed by atoms with Crippen LogP contribution in [0.1, 0.15) is 56.8 Å². The van der Waals surface area contributed by atoms with Gasteiger partial charge in [-0.25, -0.2) is 0 Å². The molecule has 5 rings (SSSR count). The standard InChI is InChI=1S/C32H33ClN6O4S/c1-5-21-16-23(30(41)22-12-8-9-13-24(22)33)32(44-21)39-27(35-36-28(39)18-37(3)4)17-34-31(42)26-15-20-11-7-10-14-25(20)38(26)19-29(40)43-6-2/h7-16H,5-6,17-19H2,1-4H3,(H,34,42). The molecule has 0 bridgehead atoms. The Morgan fingerprint density at radius 1 is 0.977 bits per heavy atom. The fraction of sp³-hybridized carbons (Fsp3) is 0.281. The van der Waals surface area contributed by atoms with Gasteiger partial charge in [-0.2, -0.15) is 0 Å². The van der Waals surface area contributed by atoms with Gasteiger partial charge in [0.25, 0.3) is 5.91 Å². The van der Waals surface area contributed by atoms with Crippen LogP contribution in [-0.2, 0) is 35.6 Å². The maximum absolute atomic E-state index is 13.8.